The van der Waals surface area contributed by atoms with E-state index >= 15 is 0 Å². The van der Waals surface area contributed by atoms with Gasteiger partial charge in [-0.3, -0.25) is 0 Å². The highest BCUT2D eigenvalue weighted by atomic mass is 14.1. The van der Waals surface area contributed by atoms with E-state index in [9.17, 15) is 0 Å². The van der Waals surface area contributed by atoms with Crippen molar-refractivity contribution >= 4 is 5.57 Å². The average Bonchev–Trinajstić information content (AvgIpc) is 2.18. The van der Waals surface area contributed by atoms with Crippen molar-refractivity contribution in [2.45, 2.75) is 26.7 Å². The third-order valence-corrected chi connectivity index (χ3v) is 2.77. The van der Waals surface area contributed by atoms with Gasteiger partial charge in [-0.1, -0.05) is 42.0 Å². The van der Waals surface area contributed by atoms with Gasteiger partial charge in [0.2, 0.25) is 0 Å². The van der Waals surface area contributed by atoms with E-state index in [1.54, 1.807) is 0 Å². The van der Waals surface area contributed by atoms with Crippen LogP contribution in [-0.4, -0.2) is 0 Å². The lowest BCUT2D eigenvalue weighted by Crippen LogP contribution is -1.92. The van der Waals surface area contributed by atoms with Crippen molar-refractivity contribution in [3.05, 3.63) is 53.1 Å². The maximum Gasteiger partial charge on any atom is -0.0219 e. The zero-order valence-electron chi connectivity index (χ0n) is 8.88. The number of aryl methyl sites for hydroxylation is 1. The molecule has 0 amide bonds. The molecule has 0 N–H and O–H groups in total. The highest BCUT2D eigenvalue weighted by molar-refractivity contribution is 5.71. The number of benzene rings is 1. The smallest absolute Gasteiger partial charge is 0.0219 e. The van der Waals surface area contributed by atoms with Crippen LogP contribution in [0.25, 0.3) is 5.57 Å². The second kappa shape index (κ2) is 3.83. The fraction of sp³-hybridized carbons (Fsp3) is 0.286. The Morgan fingerprint density at radius 2 is 2.00 bits per heavy atom. The van der Waals surface area contributed by atoms with Crippen LogP contribution in [0.3, 0.4) is 0 Å². The van der Waals surface area contributed by atoms with Crippen molar-refractivity contribution in [2.24, 2.45) is 0 Å². The van der Waals surface area contributed by atoms with Crippen molar-refractivity contribution in [2.75, 3.05) is 0 Å². The molecule has 0 fully saturated rings. The van der Waals surface area contributed by atoms with Crippen molar-refractivity contribution in [1.29, 1.82) is 0 Å². The summed E-state index contributed by atoms with van der Waals surface area (Å²) in [6.07, 6.45) is 6.86. The molecule has 0 atom stereocenters. The van der Waals surface area contributed by atoms with Gasteiger partial charge < -0.3 is 0 Å². The lowest BCUT2D eigenvalue weighted by atomic mass is 9.92. The molecule has 0 saturated carbocycles. The summed E-state index contributed by atoms with van der Waals surface area (Å²) in [7, 11) is 0. The van der Waals surface area contributed by atoms with Crippen molar-refractivity contribution in [3.8, 4) is 0 Å². The van der Waals surface area contributed by atoms with Crippen molar-refractivity contribution < 1.29 is 0 Å². The summed E-state index contributed by atoms with van der Waals surface area (Å²) >= 11 is 0. The molecule has 1 aromatic rings. The Morgan fingerprint density at radius 3 is 2.71 bits per heavy atom. The summed E-state index contributed by atoms with van der Waals surface area (Å²) in [6.45, 7) is 4.35. The lowest BCUT2D eigenvalue weighted by molar-refractivity contribution is 1.04. The van der Waals surface area contributed by atoms with E-state index in [-0.39, 0.29) is 0 Å². The van der Waals surface area contributed by atoms with Gasteiger partial charge in [-0.2, -0.15) is 0 Å². The van der Waals surface area contributed by atoms with Crippen LogP contribution in [0.15, 0.2) is 42.0 Å². The van der Waals surface area contributed by atoms with Gasteiger partial charge in [0, 0.05) is 0 Å². The zero-order valence-corrected chi connectivity index (χ0v) is 8.88. The Balaban J connectivity index is 2.44. The topological polar surface area (TPSA) is 0 Å². The van der Waals surface area contributed by atoms with E-state index in [2.05, 4.69) is 50.3 Å². The molecule has 72 valence electrons. The number of hydrogen-bond donors (Lipinski definition) is 0. The molecule has 0 bridgehead atoms. The van der Waals surface area contributed by atoms with E-state index < -0.39 is 0 Å². The van der Waals surface area contributed by atoms with Crippen LogP contribution >= 0.6 is 0 Å². The highest BCUT2D eigenvalue weighted by Gasteiger charge is 2.06. The maximum absolute atomic E-state index is 2.28. The molecule has 0 spiro atoms. The Morgan fingerprint density at radius 1 is 1.14 bits per heavy atom. The molecule has 2 rings (SSSR count). The second-order valence-electron chi connectivity index (χ2n) is 3.97. The molecular formula is C14H16. The molecular weight excluding hydrogens is 168 g/mol. The molecule has 0 saturated heterocycles. The maximum atomic E-state index is 2.28. The summed E-state index contributed by atoms with van der Waals surface area (Å²) in [4.78, 5) is 0. The van der Waals surface area contributed by atoms with Gasteiger partial charge in [0.05, 0.1) is 0 Å². The molecule has 0 aromatic heterocycles. The molecule has 0 unspecified atom stereocenters. The van der Waals surface area contributed by atoms with Crippen LogP contribution in [0.2, 0.25) is 0 Å². The first kappa shape index (κ1) is 9.26. The number of rotatable bonds is 1. The lowest BCUT2D eigenvalue weighted by Gasteiger charge is -2.13. The largest absolute Gasteiger partial charge is 0.0839 e. The number of hydrogen-bond acceptors (Lipinski definition) is 0. The molecule has 0 heteroatoms. The van der Waals surface area contributed by atoms with Gasteiger partial charge in [-0.15, -0.1) is 0 Å². The zero-order chi connectivity index (χ0) is 9.97. The van der Waals surface area contributed by atoms with Crippen molar-refractivity contribution in [1.82, 2.24) is 0 Å². The average molecular weight is 184 g/mol. The summed E-state index contributed by atoms with van der Waals surface area (Å²) in [5.74, 6) is 0. The van der Waals surface area contributed by atoms with Crippen LogP contribution in [0, 0.1) is 6.92 Å². The van der Waals surface area contributed by atoms with Crippen LogP contribution < -0.4 is 0 Å². The Kier molecular flexibility index (Phi) is 2.53. The van der Waals surface area contributed by atoms with Crippen LogP contribution in [0.1, 0.15) is 30.9 Å². The van der Waals surface area contributed by atoms with Gasteiger partial charge in [0.15, 0.2) is 0 Å². The first-order chi connectivity index (χ1) is 6.77. The van der Waals surface area contributed by atoms with Gasteiger partial charge in [0.25, 0.3) is 0 Å². The van der Waals surface area contributed by atoms with Crippen LogP contribution in [0.4, 0.5) is 0 Å². The molecule has 0 radical (unpaired) electrons. The molecule has 14 heavy (non-hydrogen) atoms. The minimum Gasteiger partial charge on any atom is -0.0839 e. The standard InChI is InChI=1S/C14H16/c1-11-6-5-8-13(10-11)14-9-4-3-7-12(14)2/h3,5-8,10H,4,9H2,1-2H3. The quantitative estimate of drug-likeness (QED) is 0.616. The van der Waals surface area contributed by atoms with Crippen LogP contribution in [0.5, 0.6) is 0 Å². The van der Waals surface area contributed by atoms with Gasteiger partial charge in [-0.25, -0.2) is 0 Å². The van der Waals surface area contributed by atoms with E-state index in [1.165, 1.54) is 35.1 Å². The molecule has 1 aromatic carbocycles. The van der Waals surface area contributed by atoms with Gasteiger partial charge in [-0.05, 0) is 43.4 Å². The molecule has 0 nitrogen and oxygen atoms in total. The molecule has 0 heterocycles. The monoisotopic (exact) mass is 184 g/mol. The van der Waals surface area contributed by atoms with E-state index in [4.69, 9.17) is 0 Å². The fourth-order valence-electron chi connectivity index (χ4n) is 1.99. The number of allylic oxidation sites excluding steroid dienone is 4. The summed E-state index contributed by atoms with van der Waals surface area (Å²) in [6, 6.07) is 8.78. The minimum absolute atomic E-state index is 1.18. The SMILES string of the molecule is CC1=C(c2cccc(C)c2)CCC=C1. The summed E-state index contributed by atoms with van der Waals surface area (Å²) in [5, 5.41) is 0. The minimum atomic E-state index is 1.18. The third kappa shape index (κ3) is 1.79. The van der Waals surface area contributed by atoms with Crippen molar-refractivity contribution in [3.63, 3.8) is 0 Å². The predicted octanol–water partition coefficient (Wildman–Crippen LogP) is 4.12. The Labute approximate surface area is 86.0 Å². The first-order valence-corrected chi connectivity index (χ1v) is 5.21. The molecule has 1 aliphatic rings. The molecule has 0 aliphatic heterocycles. The van der Waals surface area contributed by atoms with E-state index in [1.807, 2.05) is 0 Å². The Bertz CT molecular complexity index is 394. The highest BCUT2D eigenvalue weighted by Crippen LogP contribution is 2.28. The van der Waals surface area contributed by atoms with Gasteiger partial charge >= 0.3 is 0 Å². The van der Waals surface area contributed by atoms with Gasteiger partial charge in [0.1, 0.15) is 0 Å². The van der Waals surface area contributed by atoms with E-state index in [0.29, 0.717) is 0 Å². The summed E-state index contributed by atoms with van der Waals surface area (Å²) < 4.78 is 0. The fourth-order valence-corrected chi connectivity index (χ4v) is 1.99. The third-order valence-electron chi connectivity index (χ3n) is 2.77. The van der Waals surface area contributed by atoms with E-state index in [0.717, 1.165) is 0 Å². The molecule has 1 aliphatic carbocycles. The summed E-state index contributed by atoms with van der Waals surface area (Å²) in [5.41, 5.74) is 5.67. The van der Waals surface area contributed by atoms with Crippen LogP contribution in [-0.2, 0) is 0 Å². The second-order valence-corrected chi connectivity index (χ2v) is 3.97. The first-order valence-electron chi connectivity index (χ1n) is 5.21. The normalized spacial score (nSPS) is 16.1. The Hall–Kier alpha value is -1.30. The predicted molar refractivity (Wildman–Crippen MR) is 62.1 cm³/mol.